The number of benzene rings is 2. The van der Waals surface area contributed by atoms with Gasteiger partial charge in [-0.1, -0.05) is 56.3 Å². The van der Waals surface area contributed by atoms with E-state index in [1.165, 1.54) is 32.2 Å². The molecule has 2 aromatic carbocycles. The van der Waals surface area contributed by atoms with E-state index in [2.05, 4.69) is 23.3 Å². The van der Waals surface area contributed by atoms with Crippen LogP contribution in [0.5, 0.6) is 5.75 Å². The van der Waals surface area contributed by atoms with Gasteiger partial charge in [0.2, 0.25) is 0 Å². The van der Waals surface area contributed by atoms with Crippen LogP contribution >= 0.6 is 11.9 Å². The Labute approximate surface area is 226 Å². The molecule has 0 spiro atoms. The molecule has 0 unspecified atom stereocenters. The minimum Gasteiger partial charge on any atom is -0.490 e. The Morgan fingerprint density at radius 3 is 2.18 bits per heavy atom. The van der Waals surface area contributed by atoms with Crippen LogP contribution in [0.2, 0.25) is 0 Å². The van der Waals surface area contributed by atoms with Crippen LogP contribution in [0.15, 0.2) is 36.4 Å². The lowest BCUT2D eigenvalue weighted by atomic mass is 9.62. The fraction of sp³-hybridized carbons (Fsp3) is 0.536. The second-order valence-electron chi connectivity index (χ2n) is 9.17. The molecule has 2 atom stereocenters. The first-order valence-corrected chi connectivity index (χ1v) is 13.6. The summed E-state index contributed by atoms with van der Waals surface area (Å²) >= 11 is 1.65. The highest BCUT2D eigenvalue weighted by molar-refractivity contribution is 7.96. The Hall–Kier alpha value is -2.33. The van der Waals surface area contributed by atoms with E-state index in [4.69, 9.17) is 4.74 Å². The van der Waals surface area contributed by atoms with E-state index in [9.17, 15) is 26.7 Å². The lowest BCUT2D eigenvalue weighted by molar-refractivity contribution is -0.138. The summed E-state index contributed by atoms with van der Waals surface area (Å²) in [5.74, 6) is -0.544. The fourth-order valence-corrected chi connectivity index (χ4v) is 4.57. The summed E-state index contributed by atoms with van der Waals surface area (Å²) in [6.07, 6.45) is 2.02. The first kappa shape index (κ1) is 33.7. The molecule has 0 bridgehead atoms. The van der Waals surface area contributed by atoms with Gasteiger partial charge in [0.1, 0.15) is 5.82 Å². The van der Waals surface area contributed by atoms with Crippen molar-refractivity contribution in [3.8, 4) is 5.75 Å². The van der Waals surface area contributed by atoms with Gasteiger partial charge in [0.15, 0.2) is 11.6 Å². The van der Waals surface area contributed by atoms with Gasteiger partial charge < -0.3 is 9.47 Å². The van der Waals surface area contributed by atoms with E-state index in [0.29, 0.717) is 18.1 Å². The molecule has 10 heteroatoms. The third-order valence-electron chi connectivity index (χ3n) is 6.41. The number of hydrogen-bond donors (Lipinski definition) is 1. The van der Waals surface area contributed by atoms with E-state index in [1.807, 2.05) is 6.26 Å². The standard InChI is InChI=1S/C14H16F2O.C8H7F3.C3H9NS.C3H6O2/c1-14-7-3-2-4-9(14)8-17-13-11(16)6-5-10(15)12(13)14;1-6-2-4-7(5-3-6)8(9,10)11;1-3-4-5-2;1-3(4)5-2/h5-6,9H,2-4,7-8H2,1H3;2-5H,1H3;4H,3H2,1-2H3;1-2H3/t9-,14-;;;/m1.../s1. The van der Waals surface area contributed by atoms with Gasteiger partial charge in [-0.05, 0) is 50.3 Å². The molecule has 1 aliphatic carbocycles. The monoisotopic (exact) mass is 563 g/mol. The summed E-state index contributed by atoms with van der Waals surface area (Å²) in [7, 11) is 1.35. The number of rotatable bonds is 2. The molecule has 0 aromatic heterocycles. The fourth-order valence-electron chi connectivity index (χ4n) is 4.28. The summed E-state index contributed by atoms with van der Waals surface area (Å²) in [5, 5.41) is 0. The Balaban J connectivity index is 0.000000295. The van der Waals surface area contributed by atoms with E-state index < -0.39 is 17.6 Å². The maximum Gasteiger partial charge on any atom is 0.416 e. The van der Waals surface area contributed by atoms with Crippen molar-refractivity contribution in [2.24, 2.45) is 5.92 Å². The minimum atomic E-state index is -4.21. The van der Waals surface area contributed by atoms with Crippen LogP contribution in [0.4, 0.5) is 22.0 Å². The summed E-state index contributed by atoms with van der Waals surface area (Å²) in [5.41, 5.74) is 0.451. The van der Waals surface area contributed by atoms with Crippen LogP contribution in [0.1, 0.15) is 63.1 Å². The second-order valence-corrected chi connectivity index (χ2v) is 9.86. The molecule has 1 heterocycles. The summed E-state index contributed by atoms with van der Waals surface area (Å²) in [4.78, 5) is 9.59. The van der Waals surface area contributed by atoms with Crippen LogP contribution in [-0.2, 0) is 21.1 Å². The first-order valence-electron chi connectivity index (χ1n) is 12.4. The number of carbonyl (C=O) groups is 1. The average molecular weight is 564 g/mol. The van der Waals surface area contributed by atoms with Gasteiger partial charge >= 0.3 is 12.1 Å². The molecule has 1 saturated carbocycles. The Morgan fingerprint density at radius 2 is 1.71 bits per heavy atom. The third kappa shape index (κ3) is 10.1. The van der Waals surface area contributed by atoms with Crippen molar-refractivity contribution >= 4 is 17.9 Å². The van der Waals surface area contributed by atoms with Crippen molar-refractivity contribution in [3.05, 3.63) is 64.7 Å². The van der Waals surface area contributed by atoms with Gasteiger partial charge in [-0.3, -0.25) is 9.52 Å². The smallest absolute Gasteiger partial charge is 0.416 e. The number of nitrogens with one attached hydrogen (secondary N) is 1. The molecule has 1 fully saturated rings. The highest BCUT2D eigenvalue weighted by atomic mass is 32.2. The van der Waals surface area contributed by atoms with Gasteiger partial charge in [-0.2, -0.15) is 13.2 Å². The largest absolute Gasteiger partial charge is 0.490 e. The maximum atomic E-state index is 14.0. The quantitative estimate of drug-likeness (QED) is 0.229. The topological polar surface area (TPSA) is 47.6 Å². The Bertz CT molecular complexity index is 999. The second kappa shape index (κ2) is 15.9. The molecule has 1 N–H and O–H groups in total. The molecule has 1 aliphatic heterocycles. The summed E-state index contributed by atoms with van der Waals surface area (Å²) in [6.45, 7) is 8.82. The summed E-state index contributed by atoms with van der Waals surface area (Å²) < 4.78 is 76.1. The first-order chi connectivity index (χ1) is 17.8. The van der Waals surface area contributed by atoms with Crippen LogP contribution < -0.4 is 9.46 Å². The van der Waals surface area contributed by atoms with Gasteiger partial charge in [0.05, 0.1) is 19.3 Å². The molecule has 214 valence electrons. The van der Waals surface area contributed by atoms with Crippen LogP contribution in [0.3, 0.4) is 0 Å². The predicted molar refractivity (Wildman–Crippen MR) is 142 cm³/mol. The number of alkyl halides is 3. The maximum absolute atomic E-state index is 14.0. The zero-order chi connectivity index (χ0) is 28.9. The Morgan fingerprint density at radius 1 is 1.13 bits per heavy atom. The number of esters is 1. The van der Waals surface area contributed by atoms with E-state index >= 15 is 0 Å². The predicted octanol–water partition coefficient (Wildman–Crippen LogP) is 7.87. The molecule has 38 heavy (non-hydrogen) atoms. The van der Waals surface area contributed by atoms with E-state index in [0.717, 1.165) is 56.0 Å². The number of fused-ring (bicyclic) bond motifs is 3. The zero-order valence-corrected chi connectivity index (χ0v) is 23.6. The van der Waals surface area contributed by atoms with E-state index in [1.54, 1.807) is 18.9 Å². The zero-order valence-electron chi connectivity index (χ0n) is 22.8. The van der Waals surface area contributed by atoms with E-state index in [-0.39, 0.29) is 23.0 Å². The lowest BCUT2D eigenvalue weighted by Crippen LogP contribution is -2.43. The number of ether oxygens (including phenoxy) is 2. The highest BCUT2D eigenvalue weighted by Crippen LogP contribution is 2.51. The lowest BCUT2D eigenvalue weighted by Gasteiger charge is -2.45. The normalized spacial score (nSPS) is 19.4. The third-order valence-corrected chi connectivity index (χ3v) is 6.99. The molecular formula is C28H38F5NO3S. The van der Waals surface area contributed by atoms with Crippen LogP contribution in [0, 0.1) is 24.5 Å². The molecule has 4 rings (SSSR count). The number of hydrogen-bond acceptors (Lipinski definition) is 5. The SMILES string of the molecule is CCNSC.COC(C)=O.C[C@@]12CCCC[C@@H]1COc1c(F)ccc(F)c12.Cc1ccc(C(F)(F)F)cc1. The van der Waals surface area contributed by atoms with Crippen molar-refractivity contribution in [2.45, 2.75) is 65.0 Å². The van der Waals surface area contributed by atoms with Crippen molar-refractivity contribution < 1.29 is 36.2 Å². The van der Waals surface area contributed by atoms with Gasteiger partial charge in [-0.15, -0.1) is 0 Å². The van der Waals surface area contributed by atoms with Crippen molar-refractivity contribution in [1.82, 2.24) is 4.72 Å². The average Bonchev–Trinajstić information content (AvgIpc) is 2.87. The number of carbonyl (C=O) groups excluding carboxylic acids is 1. The molecule has 0 radical (unpaired) electrons. The molecule has 2 aliphatic rings. The highest BCUT2D eigenvalue weighted by Gasteiger charge is 2.45. The van der Waals surface area contributed by atoms with Crippen molar-refractivity contribution in [2.75, 3.05) is 26.5 Å². The molecule has 0 saturated heterocycles. The van der Waals surface area contributed by atoms with Gasteiger partial charge in [0, 0.05) is 30.4 Å². The van der Waals surface area contributed by atoms with Gasteiger partial charge in [-0.25, -0.2) is 8.78 Å². The van der Waals surface area contributed by atoms with Crippen molar-refractivity contribution in [3.63, 3.8) is 0 Å². The van der Waals surface area contributed by atoms with Crippen LogP contribution in [-0.4, -0.2) is 32.5 Å². The Kier molecular flexibility index (Phi) is 14.1. The molecular weight excluding hydrogens is 525 g/mol. The minimum absolute atomic E-state index is 0.144. The van der Waals surface area contributed by atoms with Crippen molar-refractivity contribution in [1.29, 1.82) is 0 Å². The number of methoxy groups -OCH3 is 1. The molecule has 2 aromatic rings. The number of halogens is 5. The summed E-state index contributed by atoms with van der Waals surface area (Å²) in [6, 6.07) is 7.43. The van der Waals surface area contributed by atoms with Gasteiger partial charge in [0.25, 0.3) is 0 Å². The molecule has 0 amide bonds. The van der Waals surface area contributed by atoms with Crippen LogP contribution in [0.25, 0.3) is 0 Å². The number of aryl methyl sites for hydroxylation is 1. The molecule has 4 nitrogen and oxygen atoms in total.